The molecule has 0 bridgehead atoms. The summed E-state index contributed by atoms with van der Waals surface area (Å²) in [5.74, 6) is 2.02. The number of carbonyl (C=O) groups is 1. The minimum atomic E-state index is -0.633. The van der Waals surface area contributed by atoms with E-state index in [0.29, 0.717) is 18.1 Å². The monoisotopic (exact) mass is 394 g/mol. The maximum absolute atomic E-state index is 10.9. The lowest BCUT2D eigenvalue weighted by atomic mass is 10.2. The average molecular weight is 395 g/mol. The molecular formula is C18H19ClN2O4S. The molecule has 0 atom stereocenters. The Morgan fingerprint density at radius 1 is 1.19 bits per heavy atom. The molecule has 0 radical (unpaired) electrons. The smallest absolute Gasteiger partial charge is 0.427 e. The van der Waals surface area contributed by atoms with Crippen molar-refractivity contribution in [2.75, 3.05) is 26.6 Å². The van der Waals surface area contributed by atoms with Gasteiger partial charge in [-0.15, -0.1) is 11.8 Å². The van der Waals surface area contributed by atoms with Gasteiger partial charge >= 0.3 is 6.09 Å². The number of rotatable bonds is 8. The second kappa shape index (κ2) is 10.6. The maximum atomic E-state index is 10.9. The van der Waals surface area contributed by atoms with E-state index < -0.39 is 6.09 Å². The van der Waals surface area contributed by atoms with Gasteiger partial charge in [-0.2, -0.15) is 5.10 Å². The molecule has 0 aromatic heterocycles. The number of ether oxygens (including phenoxy) is 3. The molecule has 138 valence electrons. The Morgan fingerprint density at radius 2 is 1.96 bits per heavy atom. The van der Waals surface area contributed by atoms with E-state index in [4.69, 9.17) is 21.1 Å². The molecule has 2 aromatic rings. The highest BCUT2D eigenvalue weighted by Gasteiger charge is 2.05. The van der Waals surface area contributed by atoms with Gasteiger partial charge in [-0.3, -0.25) is 0 Å². The normalized spacial score (nSPS) is 10.6. The molecule has 0 saturated heterocycles. The number of benzene rings is 2. The Balaban J connectivity index is 1.86. The van der Waals surface area contributed by atoms with Crippen LogP contribution >= 0.6 is 23.4 Å². The van der Waals surface area contributed by atoms with Gasteiger partial charge in [0.15, 0.2) is 11.5 Å². The third-order valence-corrected chi connectivity index (χ3v) is 4.39. The molecule has 2 rings (SSSR count). The van der Waals surface area contributed by atoms with E-state index in [2.05, 4.69) is 15.3 Å². The van der Waals surface area contributed by atoms with Gasteiger partial charge in [0.1, 0.15) is 0 Å². The van der Waals surface area contributed by atoms with Crippen LogP contribution in [0.1, 0.15) is 5.56 Å². The van der Waals surface area contributed by atoms with Crippen molar-refractivity contribution in [3.8, 4) is 11.5 Å². The van der Waals surface area contributed by atoms with Crippen LogP contribution in [0.3, 0.4) is 0 Å². The molecule has 0 saturated carbocycles. The summed E-state index contributed by atoms with van der Waals surface area (Å²) in [7, 11) is 2.84. The molecule has 0 fully saturated rings. The average Bonchev–Trinajstić information content (AvgIpc) is 2.67. The molecule has 6 nitrogen and oxygen atoms in total. The van der Waals surface area contributed by atoms with Crippen molar-refractivity contribution < 1.29 is 19.0 Å². The van der Waals surface area contributed by atoms with Gasteiger partial charge in [-0.05, 0) is 48.0 Å². The van der Waals surface area contributed by atoms with Gasteiger partial charge in [0, 0.05) is 15.7 Å². The Kier molecular flexibility index (Phi) is 8.11. The Bertz CT molecular complexity index is 753. The minimum Gasteiger partial charge on any atom is -0.493 e. The van der Waals surface area contributed by atoms with Gasteiger partial charge in [0.2, 0.25) is 0 Å². The second-order valence-corrected chi connectivity index (χ2v) is 6.53. The van der Waals surface area contributed by atoms with Gasteiger partial charge < -0.3 is 14.2 Å². The van der Waals surface area contributed by atoms with Crippen LogP contribution < -0.4 is 14.9 Å². The highest BCUT2D eigenvalue weighted by molar-refractivity contribution is 7.99. The third kappa shape index (κ3) is 6.50. The van der Waals surface area contributed by atoms with E-state index in [-0.39, 0.29) is 0 Å². The molecule has 0 unspecified atom stereocenters. The first kappa shape index (κ1) is 19.9. The third-order valence-electron chi connectivity index (χ3n) is 3.17. The fraction of sp³-hybridized carbons (Fsp3) is 0.222. The van der Waals surface area contributed by atoms with E-state index in [0.717, 1.165) is 21.2 Å². The summed E-state index contributed by atoms with van der Waals surface area (Å²) in [6.45, 7) is 0.529. The largest absolute Gasteiger partial charge is 0.493 e. The summed E-state index contributed by atoms with van der Waals surface area (Å²) in [5, 5.41) is 4.50. The molecule has 26 heavy (non-hydrogen) atoms. The quantitative estimate of drug-likeness (QED) is 0.314. The topological polar surface area (TPSA) is 69.2 Å². The number of hydrazone groups is 1. The fourth-order valence-corrected chi connectivity index (χ4v) is 2.79. The summed E-state index contributed by atoms with van der Waals surface area (Å²) in [4.78, 5) is 12.1. The van der Waals surface area contributed by atoms with Crippen LogP contribution in [0.5, 0.6) is 11.5 Å². The summed E-state index contributed by atoms with van der Waals surface area (Å²) in [5.41, 5.74) is 2.97. The second-order valence-electron chi connectivity index (χ2n) is 4.92. The lowest BCUT2D eigenvalue weighted by Crippen LogP contribution is -2.16. The first-order chi connectivity index (χ1) is 12.6. The molecule has 0 aliphatic rings. The number of amides is 1. The number of hydrogen-bond acceptors (Lipinski definition) is 6. The molecule has 0 spiro atoms. The van der Waals surface area contributed by atoms with Gasteiger partial charge in [0.25, 0.3) is 0 Å². The first-order valence-corrected chi connectivity index (χ1v) is 9.05. The summed E-state index contributed by atoms with van der Waals surface area (Å²) >= 11 is 7.55. The first-order valence-electron chi connectivity index (χ1n) is 7.68. The molecule has 0 heterocycles. The number of thioether (sulfide) groups is 1. The Hall–Kier alpha value is -2.38. The molecule has 2 aromatic carbocycles. The van der Waals surface area contributed by atoms with Crippen molar-refractivity contribution in [3.63, 3.8) is 0 Å². The fourth-order valence-electron chi connectivity index (χ4n) is 1.93. The highest BCUT2D eigenvalue weighted by Crippen LogP contribution is 2.28. The van der Waals surface area contributed by atoms with E-state index in [1.54, 1.807) is 31.0 Å². The predicted molar refractivity (Wildman–Crippen MR) is 104 cm³/mol. The van der Waals surface area contributed by atoms with Gasteiger partial charge in [0.05, 0.1) is 27.0 Å². The van der Waals surface area contributed by atoms with E-state index in [1.807, 2.05) is 30.3 Å². The van der Waals surface area contributed by atoms with E-state index in [1.165, 1.54) is 13.3 Å². The van der Waals surface area contributed by atoms with E-state index >= 15 is 0 Å². The SMILES string of the molecule is COC(=O)NN=Cc1ccc(OCCSc2ccc(Cl)cc2)c(OC)c1. The Labute approximate surface area is 161 Å². The minimum absolute atomic E-state index is 0.529. The van der Waals surface area contributed by atoms with E-state index in [9.17, 15) is 4.79 Å². The molecule has 0 aliphatic heterocycles. The molecule has 0 aliphatic carbocycles. The van der Waals surface area contributed by atoms with Crippen LogP contribution in [-0.4, -0.2) is 38.9 Å². The zero-order valence-electron chi connectivity index (χ0n) is 14.4. The number of hydrogen-bond donors (Lipinski definition) is 1. The maximum Gasteiger partial charge on any atom is 0.427 e. The van der Waals surface area contributed by atoms with Crippen molar-refractivity contribution in [2.24, 2.45) is 5.10 Å². The van der Waals surface area contributed by atoms with Crippen LogP contribution in [0.25, 0.3) is 0 Å². The number of nitrogens with zero attached hydrogens (tertiary/aromatic N) is 1. The number of methoxy groups -OCH3 is 2. The van der Waals surface area contributed by atoms with Crippen molar-refractivity contribution >= 4 is 35.7 Å². The lowest BCUT2D eigenvalue weighted by Gasteiger charge is -2.11. The number of carbonyl (C=O) groups excluding carboxylic acids is 1. The highest BCUT2D eigenvalue weighted by atomic mass is 35.5. The van der Waals surface area contributed by atoms with Crippen LogP contribution in [0.4, 0.5) is 4.79 Å². The van der Waals surface area contributed by atoms with Crippen molar-refractivity contribution in [3.05, 3.63) is 53.1 Å². The van der Waals surface area contributed by atoms with Crippen molar-refractivity contribution in [2.45, 2.75) is 4.90 Å². The van der Waals surface area contributed by atoms with Crippen LogP contribution in [-0.2, 0) is 4.74 Å². The van der Waals surface area contributed by atoms with Gasteiger partial charge in [-0.25, -0.2) is 10.2 Å². The number of halogens is 1. The summed E-state index contributed by atoms with van der Waals surface area (Å²) in [6, 6.07) is 13.1. The van der Waals surface area contributed by atoms with Crippen molar-refractivity contribution in [1.29, 1.82) is 0 Å². The van der Waals surface area contributed by atoms with Crippen LogP contribution in [0.2, 0.25) is 5.02 Å². The molecular weight excluding hydrogens is 376 g/mol. The molecule has 1 N–H and O–H groups in total. The Morgan fingerprint density at radius 3 is 2.65 bits per heavy atom. The zero-order chi connectivity index (χ0) is 18.8. The number of nitrogens with one attached hydrogen (secondary N) is 1. The zero-order valence-corrected chi connectivity index (χ0v) is 16.0. The van der Waals surface area contributed by atoms with Crippen LogP contribution in [0.15, 0.2) is 52.5 Å². The molecule has 8 heteroatoms. The van der Waals surface area contributed by atoms with Crippen molar-refractivity contribution in [1.82, 2.24) is 5.43 Å². The summed E-state index contributed by atoms with van der Waals surface area (Å²) in [6.07, 6.45) is 0.853. The summed E-state index contributed by atoms with van der Waals surface area (Å²) < 4.78 is 15.6. The van der Waals surface area contributed by atoms with Gasteiger partial charge in [-0.1, -0.05) is 11.6 Å². The lowest BCUT2D eigenvalue weighted by molar-refractivity contribution is 0.171. The standard InChI is InChI=1S/C18H19ClN2O4S/c1-23-17-11-13(12-20-21-18(22)24-2)3-8-16(17)25-9-10-26-15-6-4-14(19)5-7-15/h3-8,11-12H,9-10H2,1-2H3,(H,21,22). The predicted octanol–water partition coefficient (Wildman–Crippen LogP) is 4.21. The molecule has 1 amide bonds. The van der Waals surface area contributed by atoms with Crippen LogP contribution in [0, 0.1) is 0 Å².